The molecular formula is C27H35N11O5. The van der Waals surface area contributed by atoms with Gasteiger partial charge in [0.15, 0.2) is 5.78 Å². The first-order chi connectivity index (χ1) is 20.7. The standard InChI is InChI=1S/C14H17N5O2.C9H8N2O2.C4H10N4O/c1-14(17-18-14)12-6-4-11(5-7-12)13(20)3-2-9-21-10-8-16-19-15;1-9(10-11-9)7-4-2-6(3-5-7)8(12)13;5-1-3-9-4-2-7-8-6/h4-7H,2-3,8-10H2,1H3;2-5H,1H3,(H,12,13);1-5H2. The van der Waals surface area contributed by atoms with Gasteiger partial charge >= 0.3 is 5.97 Å². The Kier molecular flexibility index (Phi) is 14.4. The number of hydrogen-bond donors (Lipinski definition) is 2. The minimum absolute atomic E-state index is 0.0926. The van der Waals surface area contributed by atoms with Crippen LogP contribution in [0.1, 0.15) is 58.5 Å². The minimum atomic E-state index is -0.915. The van der Waals surface area contributed by atoms with Gasteiger partial charge < -0.3 is 20.3 Å². The number of azide groups is 2. The molecule has 0 saturated heterocycles. The molecule has 228 valence electrons. The lowest BCUT2D eigenvalue weighted by atomic mass is 10.0. The molecule has 0 unspecified atom stereocenters. The number of nitrogens with zero attached hydrogens (tertiary/aromatic N) is 10. The molecule has 2 aromatic carbocycles. The molecule has 4 rings (SSSR count). The predicted octanol–water partition coefficient (Wildman–Crippen LogP) is 5.91. The van der Waals surface area contributed by atoms with Crippen LogP contribution in [0.15, 0.2) is 79.2 Å². The second-order valence-corrected chi connectivity index (χ2v) is 9.35. The van der Waals surface area contributed by atoms with Gasteiger partial charge in [-0.25, -0.2) is 4.79 Å². The van der Waals surface area contributed by atoms with Crippen LogP contribution in [-0.4, -0.2) is 62.9 Å². The van der Waals surface area contributed by atoms with Crippen molar-refractivity contribution in [3.05, 3.63) is 91.7 Å². The van der Waals surface area contributed by atoms with Gasteiger partial charge in [-0.05, 0) is 43.5 Å². The lowest BCUT2D eigenvalue weighted by Gasteiger charge is -2.06. The highest BCUT2D eigenvalue weighted by molar-refractivity contribution is 5.96. The molecule has 2 aliphatic rings. The maximum absolute atomic E-state index is 12.0. The number of carboxylic acid groups (broad SMARTS) is 1. The zero-order valence-electron chi connectivity index (χ0n) is 24.1. The summed E-state index contributed by atoms with van der Waals surface area (Å²) in [6.45, 7) is 6.88. The number of carbonyl (C=O) groups is 2. The van der Waals surface area contributed by atoms with Crippen molar-refractivity contribution in [2.75, 3.05) is 46.1 Å². The second kappa shape index (κ2) is 18.0. The van der Waals surface area contributed by atoms with E-state index < -0.39 is 17.3 Å². The molecule has 0 aromatic heterocycles. The third-order valence-corrected chi connectivity index (χ3v) is 5.98. The van der Waals surface area contributed by atoms with Gasteiger partial charge in [0.05, 0.1) is 25.4 Å². The van der Waals surface area contributed by atoms with Crippen LogP contribution in [0.25, 0.3) is 20.9 Å². The predicted molar refractivity (Wildman–Crippen MR) is 157 cm³/mol. The molecule has 43 heavy (non-hydrogen) atoms. The highest BCUT2D eigenvalue weighted by Crippen LogP contribution is 2.39. The zero-order chi connectivity index (χ0) is 31.6. The number of aromatic carboxylic acids is 1. The molecule has 0 aliphatic carbocycles. The Morgan fingerprint density at radius 1 is 0.791 bits per heavy atom. The van der Waals surface area contributed by atoms with Crippen LogP contribution in [0.5, 0.6) is 0 Å². The summed E-state index contributed by atoms with van der Waals surface area (Å²) in [6.07, 6.45) is 1.09. The van der Waals surface area contributed by atoms with E-state index in [1.807, 2.05) is 38.1 Å². The Hall–Kier alpha value is -4.72. The molecule has 0 amide bonds. The zero-order valence-corrected chi connectivity index (χ0v) is 24.1. The molecule has 2 heterocycles. The van der Waals surface area contributed by atoms with Gasteiger partial charge in [-0.1, -0.05) is 46.6 Å². The highest BCUT2D eigenvalue weighted by Gasteiger charge is 2.36. The van der Waals surface area contributed by atoms with Crippen molar-refractivity contribution in [2.45, 2.75) is 38.0 Å². The molecule has 0 fully saturated rings. The van der Waals surface area contributed by atoms with Crippen molar-refractivity contribution in [2.24, 2.45) is 36.4 Å². The van der Waals surface area contributed by atoms with E-state index in [-0.39, 0.29) is 11.3 Å². The Morgan fingerprint density at radius 2 is 1.23 bits per heavy atom. The van der Waals surface area contributed by atoms with E-state index in [9.17, 15) is 9.59 Å². The van der Waals surface area contributed by atoms with Gasteiger partial charge in [0.2, 0.25) is 11.3 Å². The molecule has 3 N–H and O–H groups in total. The highest BCUT2D eigenvalue weighted by atomic mass is 16.5. The minimum Gasteiger partial charge on any atom is -0.478 e. The van der Waals surface area contributed by atoms with Crippen LogP contribution in [0.2, 0.25) is 0 Å². The van der Waals surface area contributed by atoms with E-state index in [4.69, 9.17) is 31.4 Å². The van der Waals surface area contributed by atoms with Crippen molar-refractivity contribution in [3.63, 3.8) is 0 Å². The largest absolute Gasteiger partial charge is 0.478 e. The van der Waals surface area contributed by atoms with Crippen molar-refractivity contribution in [1.82, 2.24) is 0 Å². The van der Waals surface area contributed by atoms with Crippen LogP contribution < -0.4 is 5.73 Å². The van der Waals surface area contributed by atoms with E-state index in [0.29, 0.717) is 64.5 Å². The Balaban J connectivity index is 0.000000250. The molecule has 16 heteroatoms. The van der Waals surface area contributed by atoms with Crippen molar-refractivity contribution in [3.8, 4) is 0 Å². The first kappa shape index (κ1) is 34.5. The van der Waals surface area contributed by atoms with Crippen molar-refractivity contribution < 1.29 is 24.2 Å². The van der Waals surface area contributed by atoms with E-state index in [1.54, 1.807) is 24.3 Å². The lowest BCUT2D eigenvalue weighted by molar-refractivity contribution is 0.0696. The van der Waals surface area contributed by atoms with Crippen LogP contribution in [0.3, 0.4) is 0 Å². The van der Waals surface area contributed by atoms with Crippen molar-refractivity contribution in [1.29, 1.82) is 0 Å². The van der Waals surface area contributed by atoms with Gasteiger partial charge in [0, 0.05) is 59.2 Å². The number of ether oxygens (including phenoxy) is 2. The fourth-order valence-electron chi connectivity index (χ4n) is 3.35. The van der Waals surface area contributed by atoms with E-state index in [2.05, 4.69) is 40.5 Å². The second-order valence-electron chi connectivity index (χ2n) is 9.35. The van der Waals surface area contributed by atoms with E-state index in [1.165, 1.54) is 0 Å². The monoisotopic (exact) mass is 593 g/mol. The average molecular weight is 594 g/mol. The molecule has 0 spiro atoms. The molecular weight excluding hydrogens is 558 g/mol. The summed E-state index contributed by atoms with van der Waals surface area (Å²) in [5.74, 6) is -0.823. The molecule has 0 atom stereocenters. The molecule has 0 saturated carbocycles. The van der Waals surface area contributed by atoms with Gasteiger partial charge in [-0.15, -0.1) is 0 Å². The fraction of sp³-hybridized carbons (Fsp3) is 0.481. The Bertz CT molecular complexity index is 1340. The SMILES string of the molecule is CC1(c2ccc(C(=O)CCCOCCN=[N+]=[N-])cc2)N=N1.CC1(c2ccc(C(=O)O)cc2)N=N1.[N-]=[N+]=NCCOCCN. The summed E-state index contributed by atoms with van der Waals surface area (Å²) in [5, 5.41) is 30.9. The molecule has 0 radical (unpaired) electrons. The number of rotatable bonds is 16. The third kappa shape index (κ3) is 12.8. The van der Waals surface area contributed by atoms with Crippen LogP contribution in [0, 0.1) is 0 Å². The summed E-state index contributed by atoms with van der Waals surface area (Å²) in [6, 6.07) is 14.0. The molecule has 2 aliphatic heterocycles. The Morgan fingerprint density at radius 3 is 1.63 bits per heavy atom. The summed E-state index contributed by atoms with van der Waals surface area (Å²) >= 11 is 0. The van der Waals surface area contributed by atoms with Crippen LogP contribution >= 0.6 is 0 Å². The first-order valence-corrected chi connectivity index (χ1v) is 13.4. The number of benzene rings is 2. The smallest absolute Gasteiger partial charge is 0.335 e. The lowest BCUT2D eigenvalue weighted by Crippen LogP contribution is -2.09. The topological polar surface area (TPSA) is 246 Å². The number of carboxylic acids is 1. The fourth-order valence-corrected chi connectivity index (χ4v) is 3.35. The normalized spacial score (nSPS) is 14.0. The summed E-state index contributed by atoms with van der Waals surface area (Å²) in [5.41, 5.74) is 23.1. The van der Waals surface area contributed by atoms with E-state index >= 15 is 0 Å². The van der Waals surface area contributed by atoms with Gasteiger partial charge in [0.25, 0.3) is 0 Å². The number of hydrogen-bond acceptors (Lipinski definition) is 11. The van der Waals surface area contributed by atoms with Gasteiger partial charge in [0.1, 0.15) is 0 Å². The molecule has 2 aromatic rings. The summed E-state index contributed by atoms with van der Waals surface area (Å²) in [4.78, 5) is 27.7. The first-order valence-electron chi connectivity index (χ1n) is 13.4. The molecule has 16 nitrogen and oxygen atoms in total. The number of nitrogens with two attached hydrogens (primary N) is 1. The van der Waals surface area contributed by atoms with Gasteiger partial charge in [-0.3, -0.25) is 4.79 Å². The van der Waals surface area contributed by atoms with Crippen LogP contribution in [-0.2, 0) is 20.8 Å². The maximum atomic E-state index is 12.0. The number of Topliss-reactive ketones (excluding diaryl/α,β-unsaturated/α-hetero) is 1. The third-order valence-electron chi connectivity index (χ3n) is 5.98. The van der Waals surface area contributed by atoms with Gasteiger partial charge in [-0.2, -0.15) is 20.5 Å². The quantitative estimate of drug-likeness (QED) is 0.0786. The van der Waals surface area contributed by atoms with Crippen molar-refractivity contribution >= 4 is 11.8 Å². The van der Waals surface area contributed by atoms with Crippen LogP contribution in [0.4, 0.5) is 0 Å². The summed E-state index contributed by atoms with van der Waals surface area (Å²) in [7, 11) is 0. The van der Waals surface area contributed by atoms with E-state index in [0.717, 1.165) is 11.1 Å². The Labute approximate surface area is 248 Å². The number of ketones is 1. The number of carbonyl (C=O) groups excluding carboxylic acids is 1. The average Bonchev–Trinajstić information content (AvgIpc) is 3.96. The molecule has 0 bridgehead atoms. The maximum Gasteiger partial charge on any atom is 0.335 e. The summed E-state index contributed by atoms with van der Waals surface area (Å²) < 4.78 is 10.1.